The van der Waals surface area contributed by atoms with E-state index in [-0.39, 0.29) is 17.4 Å². The number of nitrogens with zero attached hydrogens (tertiary/aromatic N) is 1. The van der Waals surface area contributed by atoms with Gasteiger partial charge in [-0.15, -0.1) is 11.8 Å². The average molecular weight is 353 g/mol. The molecular formula is C16H16FNO3S2. The van der Waals surface area contributed by atoms with E-state index in [1.807, 2.05) is 0 Å². The topological polar surface area (TPSA) is 54.5 Å². The van der Waals surface area contributed by atoms with Crippen LogP contribution >= 0.6 is 11.8 Å². The van der Waals surface area contributed by atoms with Crippen molar-refractivity contribution in [1.29, 1.82) is 0 Å². The summed E-state index contributed by atoms with van der Waals surface area (Å²) in [6.45, 7) is 0. The zero-order chi connectivity index (χ0) is 17.0. The van der Waals surface area contributed by atoms with E-state index in [0.717, 1.165) is 22.3 Å². The van der Waals surface area contributed by atoms with Gasteiger partial charge in [0.2, 0.25) is 10.0 Å². The Kier molecular flexibility index (Phi) is 5.43. The van der Waals surface area contributed by atoms with Gasteiger partial charge in [0.15, 0.2) is 5.78 Å². The van der Waals surface area contributed by atoms with Crippen LogP contribution in [0.2, 0.25) is 0 Å². The second-order valence-electron chi connectivity index (χ2n) is 4.92. The molecule has 2 rings (SSSR count). The van der Waals surface area contributed by atoms with E-state index in [4.69, 9.17) is 0 Å². The van der Waals surface area contributed by atoms with Crippen LogP contribution < -0.4 is 4.31 Å². The van der Waals surface area contributed by atoms with E-state index in [1.54, 1.807) is 42.5 Å². The molecule has 0 spiro atoms. The van der Waals surface area contributed by atoms with E-state index in [0.29, 0.717) is 16.1 Å². The van der Waals surface area contributed by atoms with E-state index < -0.39 is 10.0 Å². The molecule has 0 fully saturated rings. The first-order chi connectivity index (χ1) is 10.8. The van der Waals surface area contributed by atoms with Gasteiger partial charge in [-0.1, -0.05) is 12.1 Å². The summed E-state index contributed by atoms with van der Waals surface area (Å²) < 4.78 is 37.6. The molecule has 0 unspecified atom stereocenters. The van der Waals surface area contributed by atoms with Crippen molar-refractivity contribution in [3.8, 4) is 0 Å². The van der Waals surface area contributed by atoms with Gasteiger partial charge in [0.1, 0.15) is 5.82 Å². The van der Waals surface area contributed by atoms with Gasteiger partial charge >= 0.3 is 0 Å². The lowest BCUT2D eigenvalue weighted by Gasteiger charge is -2.16. The number of anilines is 1. The Morgan fingerprint density at radius 3 is 2.30 bits per heavy atom. The van der Waals surface area contributed by atoms with Gasteiger partial charge in [0, 0.05) is 17.5 Å². The Bertz CT molecular complexity index is 804. The summed E-state index contributed by atoms with van der Waals surface area (Å²) in [5.41, 5.74) is 0.935. The molecule has 0 aliphatic heterocycles. The number of hydrogen-bond acceptors (Lipinski definition) is 4. The van der Waals surface area contributed by atoms with Crippen LogP contribution in [0.25, 0.3) is 0 Å². The maximum absolute atomic E-state index is 13.5. The first-order valence-electron chi connectivity index (χ1n) is 6.73. The molecule has 0 aliphatic carbocycles. The van der Waals surface area contributed by atoms with Crippen LogP contribution in [-0.4, -0.2) is 33.3 Å². The van der Waals surface area contributed by atoms with Crippen molar-refractivity contribution in [2.75, 3.05) is 23.4 Å². The van der Waals surface area contributed by atoms with Crippen molar-refractivity contribution in [2.24, 2.45) is 0 Å². The van der Waals surface area contributed by atoms with Gasteiger partial charge in [0.25, 0.3) is 0 Å². The third-order valence-corrected chi connectivity index (χ3v) is 5.50. The Labute approximate surface area is 139 Å². The van der Waals surface area contributed by atoms with Crippen LogP contribution in [0, 0.1) is 5.82 Å². The van der Waals surface area contributed by atoms with Gasteiger partial charge in [-0.2, -0.15) is 0 Å². The molecule has 2 aromatic rings. The van der Waals surface area contributed by atoms with Gasteiger partial charge in [-0.25, -0.2) is 12.8 Å². The zero-order valence-electron chi connectivity index (χ0n) is 12.7. The van der Waals surface area contributed by atoms with Crippen molar-refractivity contribution in [3.05, 3.63) is 59.9 Å². The molecule has 122 valence electrons. The maximum Gasteiger partial charge on any atom is 0.231 e. The first-order valence-corrected chi connectivity index (χ1v) is 9.57. The van der Waals surface area contributed by atoms with Crippen molar-refractivity contribution in [3.63, 3.8) is 0 Å². The van der Waals surface area contributed by atoms with Crippen LogP contribution in [0.5, 0.6) is 0 Å². The Morgan fingerprint density at radius 2 is 1.74 bits per heavy atom. The molecule has 23 heavy (non-hydrogen) atoms. The normalized spacial score (nSPS) is 11.3. The molecule has 0 heterocycles. The molecule has 0 radical (unpaired) electrons. The summed E-state index contributed by atoms with van der Waals surface area (Å²) >= 11 is 1.13. The highest BCUT2D eigenvalue weighted by Gasteiger charge is 2.13. The predicted octanol–water partition coefficient (Wildman–Crippen LogP) is 3.20. The number of sulfonamides is 1. The molecule has 7 heteroatoms. The number of hydrogen-bond donors (Lipinski definition) is 0. The number of ketones is 1. The molecule has 0 aliphatic rings. The molecule has 2 aromatic carbocycles. The molecule has 0 aromatic heterocycles. The molecule has 0 atom stereocenters. The van der Waals surface area contributed by atoms with Crippen molar-refractivity contribution >= 4 is 33.3 Å². The lowest BCUT2D eigenvalue weighted by atomic mass is 10.1. The highest BCUT2D eigenvalue weighted by Crippen LogP contribution is 2.23. The lowest BCUT2D eigenvalue weighted by Crippen LogP contribution is -2.24. The third-order valence-electron chi connectivity index (χ3n) is 3.25. The smallest absolute Gasteiger partial charge is 0.231 e. The number of rotatable bonds is 6. The minimum absolute atomic E-state index is 0.113. The number of halogens is 1. The fraction of sp³-hybridized carbons (Fsp3) is 0.188. The molecule has 0 bridgehead atoms. The molecule has 0 amide bonds. The summed E-state index contributed by atoms with van der Waals surface area (Å²) in [6, 6.07) is 12.6. The molecular weight excluding hydrogens is 337 g/mol. The Balaban J connectivity index is 2.05. The summed E-state index contributed by atoms with van der Waals surface area (Å²) in [4.78, 5) is 12.6. The second-order valence-corrected chi connectivity index (χ2v) is 7.95. The lowest BCUT2D eigenvalue weighted by molar-refractivity contribution is 0.102. The molecule has 0 N–H and O–H groups in total. The average Bonchev–Trinajstić information content (AvgIpc) is 2.52. The highest BCUT2D eigenvalue weighted by molar-refractivity contribution is 8.00. The van der Waals surface area contributed by atoms with Crippen LogP contribution in [0.1, 0.15) is 10.4 Å². The summed E-state index contributed by atoms with van der Waals surface area (Å²) in [7, 11) is -1.89. The van der Waals surface area contributed by atoms with Crippen LogP contribution in [0.4, 0.5) is 10.1 Å². The largest absolute Gasteiger partial charge is 0.293 e. The van der Waals surface area contributed by atoms with Crippen molar-refractivity contribution in [1.82, 2.24) is 0 Å². The van der Waals surface area contributed by atoms with Gasteiger partial charge in [0.05, 0.1) is 17.7 Å². The minimum Gasteiger partial charge on any atom is -0.293 e. The van der Waals surface area contributed by atoms with Gasteiger partial charge in [-0.05, 0) is 36.4 Å². The SMILES string of the molecule is CN(c1ccc(C(=O)CSc2ccccc2F)cc1)S(C)(=O)=O. The number of Topliss-reactive ketones (excluding diaryl/α,β-unsaturated/α-hetero) is 1. The molecule has 0 saturated carbocycles. The highest BCUT2D eigenvalue weighted by atomic mass is 32.2. The predicted molar refractivity (Wildman–Crippen MR) is 91.1 cm³/mol. The van der Waals surface area contributed by atoms with E-state index in [1.165, 1.54) is 13.1 Å². The van der Waals surface area contributed by atoms with Crippen molar-refractivity contribution in [2.45, 2.75) is 4.90 Å². The summed E-state index contributed by atoms with van der Waals surface area (Å²) in [5, 5.41) is 0. The van der Waals surface area contributed by atoms with Crippen LogP contribution in [-0.2, 0) is 10.0 Å². The number of thioether (sulfide) groups is 1. The van der Waals surface area contributed by atoms with E-state index in [9.17, 15) is 17.6 Å². The van der Waals surface area contributed by atoms with Crippen LogP contribution in [0.15, 0.2) is 53.4 Å². The van der Waals surface area contributed by atoms with Gasteiger partial charge < -0.3 is 0 Å². The third kappa shape index (κ3) is 4.56. The maximum atomic E-state index is 13.5. The quantitative estimate of drug-likeness (QED) is 0.591. The van der Waals surface area contributed by atoms with E-state index in [2.05, 4.69) is 0 Å². The monoisotopic (exact) mass is 353 g/mol. The number of carbonyl (C=O) groups excluding carboxylic acids is 1. The summed E-state index contributed by atoms with van der Waals surface area (Å²) in [5.74, 6) is -0.385. The van der Waals surface area contributed by atoms with Crippen LogP contribution in [0.3, 0.4) is 0 Å². The standard InChI is InChI=1S/C16H16FNO3S2/c1-18(23(2,20)21)13-9-7-12(8-10-13)15(19)11-22-16-6-4-3-5-14(16)17/h3-10H,11H2,1-2H3. The first kappa shape index (κ1) is 17.5. The molecule has 0 saturated heterocycles. The van der Waals surface area contributed by atoms with Crippen molar-refractivity contribution < 1.29 is 17.6 Å². The second kappa shape index (κ2) is 7.14. The summed E-state index contributed by atoms with van der Waals surface area (Å²) in [6.07, 6.45) is 1.11. The van der Waals surface area contributed by atoms with E-state index >= 15 is 0 Å². The number of carbonyl (C=O) groups is 1. The Hall–Kier alpha value is -1.86. The zero-order valence-corrected chi connectivity index (χ0v) is 14.3. The molecule has 4 nitrogen and oxygen atoms in total. The Morgan fingerprint density at radius 1 is 1.13 bits per heavy atom. The fourth-order valence-electron chi connectivity index (χ4n) is 1.84. The van der Waals surface area contributed by atoms with Gasteiger partial charge in [-0.3, -0.25) is 9.10 Å². The fourth-order valence-corrected chi connectivity index (χ4v) is 3.18. The number of benzene rings is 2. The minimum atomic E-state index is -3.34.